The highest BCUT2D eigenvalue weighted by Gasteiger charge is 2.12. The van der Waals surface area contributed by atoms with Gasteiger partial charge in [-0.3, -0.25) is 0 Å². The van der Waals surface area contributed by atoms with Crippen molar-refractivity contribution in [1.82, 2.24) is 0 Å². The minimum Gasteiger partial charge on any atom is -0.368 e. The van der Waals surface area contributed by atoms with Gasteiger partial charge in [-0.25, -0.2) is 8.78 Å². The van der Waals surface area contributed by atoms with Crippen LogP contribution in [0.15, 0.2) is 48.5 Å². The summed E-state index contributed by atoms with van der Waals surface area (Å²) in [4.78, 5) is 0. The first-order valence-corrected chi connectivity index (χ1v) is 7.39. The highest BCUT2D eigenvalue weighted by atomic mass is 127. The Kier molecular flexibility index (Phi) is 5.27. The topological polar surface area (TPSA) is 9.23 Å². The fraction of sp³-hybridized carbons (Fsp3) is 0.200. The predicted octanol–water partition coefficient (Wildman–Crippen LogP) is 4.66. The third-order valence-electron chi connectivity index (χ3n) is 2.78. The molecule has 0 radical (unpaired) electrons. The molecular weight excluding hydrogens is 361 g/mol. The van der Waals surface area contributed by atoms with Crippen LogP contribution in [0, 0.1) is 11.6 Å². The van der Waals surface area contributed by atoms with Gasteiger partial charge in [-0.15, -0.1) is 0 Å². The summed E-state index contributed by atoms with van der Waals surface area (Å²) in [5.41, 5.74) is 1.42. The van der Waals surface area contributed by atoms with E-state index in [0.29, 0.717) is 5.56 Å². The first kappa shape index (κ1) is 14.4. The Labute approximate surface area is 124 Å². The van der Waals surface area contributed by atoms with E-state index in [-0.39, 0.29) is 24.3 Å². The van der Waals surface area contributed by atoms with Crippen LogP contribution in [0.3, 0.4) is 0 Å². The third kappa shape index (κ3) is 3.98. The summed E-state index contributed by atoms with van der Waals surface area (Å²) in [6.07, 6.45) is -0.166. The fourth-order valence-corrected chi connectivity index (χ4v) is 2.48. The summed E-state index contributed by atoms with van der Waals surface area (Å²) in [5.74, 6) is -0.543. The van der Waals surface area contributed by atoms with Crippen LogP contribution in [-0.2, 0) is 11.3 Å². The van der Waals surface area contributed by atoms with Crippen molar-refractivity contribution in [2.24, 2.45) is 0 Å². The van der Waals surface area contributed by atoms with Crippen LogP contribution in [0.5, 0.6) is 0 Å². The summed E-state index contributed by atoms with van der Waals surface area (Å²) >= 11 is 2.20. The quantitative estimate of drug-likeness (QED) is 0.547. The van der Waals surface area contributed by atoms with E-state index in [1.165, 1.54) is 18.2 Å². The van der Waals surface area contributed by atoms with E-state index in [1.54, 1.807) is 30.3 Å². The highest BCUT2D eigenvalue weighted by Crippen LogP contribution is 2.22. The zero-order valence-corrected chi connectivity index (χ0v) is 12.3. The van der Waals surface area contributed by atoms with Crippen molar-refractivity contribution in [3.63, 3.8) is 0 Å². The molecule has 2 rings (SSSR count). The lowest BCUT2D eigenvalue weighted by molar-refractivity contribution is 0.0559. The van der Waals surface area contributed by atoms with E-state index < -0.39 is 0 Å². The molecule has 19 heavy (non-hydrogen) atoms. The standard InChI is InChI=1S/C15H13F2IO/c16-13-7-5-11(6-8-13)15(9-18)19-10-12-3-1-2-4-14(12)17/h1-8,15H,9-10H2. The van der Waals surface area contributed by atoms with E-state index in [0.717, 1.165) is 9.99 Å². The van der Waals surface area contributed by atoms with Crippen LogP contribution in [0.2, 0.25) is 0 Å². The van der Waals surface area contributed by atoms with Gasteiger partial charge >= 0.3 is 0 Å². The molecule has 1 nitrogen and oxygen atoms in total. The number of rotatable bonds is 5. The molecule has 2 aromatic carbocycles. The van der Waals surface area contributed by atoms with Crippen LogP contribution in [0.1, 0.15) is 17.2 Å². The molecule has 0 aliphatic heterocycles. The van der Waals surface area contributed by atoms with Gasteiger partial charge in [0.05, 0.1) is 12.7 Å². The molecule has 1 atom stereocenters. The smallest absolute Gasteiger partial charge is 0.128 e. The fourth-order valence-electron chi connectivity index (χ4n) is 1.71. The van der Waals surface area contributed by atoms with Gasteiger partial charge in [0.15, 0.2) is 0 Å². The SMILES string of the molecule is Fc1ccc(C(CI)OCc2ccccc2F)cc1. The molecule has 4 heteroatoms. The summed E-state index contributed by atoms with van der Waals surface area (Å²) in [6.45, 7) is 0.206. The Bertz CT molecular complexity index is 528. The maximum absolute atomic E-state index is 13.5. The molecule has 0 N–H and O–H groups in total. The lowest BCUT2D eigenvalue weighted by Gasteiger charge is -2.16. The van der Waals surface area contributed by atoms with Crippen molar-refractivity contribution in [2.45, 2.75) is 12.7 Å². The van der Waals surface area contributed by atoms with Gasteiger partial charge in [-0.05, 0) is 23.8 Å². The van der Waals surface area contributed by atoms with Gasteiger partial charge in [-0.1, -0.05) is 52.9 Å². The maximum atomic E-state index is 13.5. The zero-order chi connectivity index (χ0) is 13.7. The van der Waals surface area contributed by atoms with Gasteiger partial charge in [-0.2, -0.15) is 0 Å². The normalized spacial score (nSPS) is 12.4. The first-order chi connectivity index (χ1) is 9.20. The van der Waals surface area contributed by atoms with Crippen molar-refractivity contribution in [2.75, 3.05) is 4.43 Å². The highest BCUT2D eigenvalue weighted by molar-refractivity contribution is 14.1. The molecule has 2 aromatic rings. The van der Waals surface area contributed by atoms with Crippen molar-refractivity contribution in [3.8, 4) is 0 Å². The predicted molar refractivity (Wildman–Crippen MR) is 79.2 cm³/mol. The molecule has 0 amide bonds. The van der Waals surface area contributed by atoms with E-state index in [2.05, 4.69) is 22.6 Å². The van der Waals surface area contributed by atoms with Crippen LogP contribution in [0.25, 0.3) is 0 Å². The van der Waals surface area contributed by atoms with Crippen molar-refractivity contribution < 1.29 is 13.5 Å². The molecule has 0 heterocycles. The molecule has 0 aliphatic carbocycles. The molecule has 100 valence electrons. The average Bonchev–Trinajstić information content (AvgIpc) is 2.43. The molecule has 0 bridgehead atoms. The molecule has 1 unspecified atom stereocenters. The Morgan fingerprint density at radius 1 is 1.00 bits per heavy atom. The summed E-state index contributed by atoms with van der Waals surface area (Å²) in [6, 6.07) is 12.7. The molecule has 0 aliphatic rings. The third-order valence-corrected chi connectivity index (χ3v) is 3.58. The average molecular weight is 374 g/mol. The largest absolute Gasteiger partial charge is 0.368 e. The molecule has 0 saturated heterocycles. The Morgan fingerprint density at radius 2 is 1.68 bits per heavy atom. The number of ether oxygens (including phenoxy) is 1. The second-order valence-electron chi connectivity index (χ2n) is 4.10. The molecule has 0 fully saturated rings. The summed E-state index contributed by atoms with van der Waals surface area (Å²) in [5, 5.41) is 0. The molecular formula is C15H13F2IO. The molecule has 0 spiro atoms. The van der Waals surface area contributed by atoms with Gasteiger partial charge in [0, 0.05) is 9.99 Å². The van der Waals surface area contributed by atoms with E-state index in [4.69, 9.17) is 4.74 Å². The minimum absolute atomic E-state index is 0.166. The second-order valence-corrected chi connectivity index (χ2v) is 4.98. The van der Waals surface area contributed by atoms with Crippen LogP contribution in [0.4, 0.5) is 8.78 Å². The monoisotopic (exact) mass is 374 g/mol. The molecule has 0 saturated carbocycles. The van der Waals surface area contributed by atoms with Gasteiger partial charge in [0.25, 0.3) is 0 Å². The lowest BCUT2D eigenvalue weighted by Crippen LogP contribution is -2.06. The number of benzene rings is 2. The maximum Gasteiger partial charge on any atom is 0.128 e. The lowest BCUT2D eigenvalue weighted by atomic mass is 10.1. The van der Waals surface area contributed by atoms with Gasteiger partial charge in [0.1, 0.15) is 11.6 Å². The Balaban J connectivity index is 2.04. The van der Waals surface area contributed by atoms with Crippen molar-refractivity contribution in [1.29, 1.82) is 0 Å². The number of hydrogen-bond donors (Lipinski definition) is 0. The zero-order valence-electron chi connectivity index (χ0n) is 10.2. The van der Waals surface area contributed by atoms with E-state index >= 15 is 0 Å². The Morgan fingerprint density at radius 3 is 2.32 bits per heavy atom. The van der Waals surface area contributed by atoms with Crippen molar-refractivity contribution in [3.05, 3.63) is 71.3 Å². The Hall–Kier alpha value is -1.01. The van der Waals surface area contributed by atoms with Crippen LogP contribution in [-0.4, -0.2) is 4.43 Å². The van der Waals surface area contributed by atoms with E-state index in [9.17, 15) is 8.78 Å². The minimum atomic E-state index is -0.273. The van der Waals surface area contributed by atoms with E-state index in [1.807, 2.05) is 0 Å². The number of alkyl halides is 1. The van der Waals surface area contributed by atoms with Crippen LogP contribution >= 0.6 is 22.6 Å². The van der Waals surface area contributed by atoms with Gasteiger partial charge < -0.3 is 4.74 Å². The summed E-state index contributed by atoms with van der Waals surface area (Å²) in [7, 11) is 0. The number of hydrogen-bond acceptors (Lipinski definition) is 1. The van der Waals surface area contributed by atoms with Gasteiger partial charge in [0.2, 0.25) is 0 Å². The summed E-state index contributed by atoms with van der Waals surface area (Å²) < 4.78 is 32.8. The van der Waals surface area contributed by atoms with Crippen molar-refractivity contribution >= 4 is 22.6 Å². The van der Waals surface area contributed by atoms with Crippen LogP contribution < -0.4 is 0 Å². The first-order valence-electron chi connectivity index (χ1n) is 5.87. The number of halogens is 3. The second kappa shape index (κ2) is 6.96. The molecule has 0 aromatic heterocycles.